The number of nitrogens with zero attached hydrogens (tertiary/aromatic N) is 1. The van der Waals surface area contributed by atoms with Crippen molar-refractivity contribution in [3.05, 3.63) is 0 Å². The van der Waals surface area contributed by atoms with Crippen molar-refractivity contribution in [1.82, 2.24) is 10.2 Å². The fraction of sp³-hybridized carbons (Fsp3) is 0.857. The molecule has 0 saturated carbocycles. The number of amides is 2. The quantitative estimate of drug-likeness (QED) is 0.608. The lowest BCUT2D eigenvalue weighted by molar-refractivity contribution is 0.208. The minimum Gasteiger partial charge on any atom is -0.334 e. The summed E-state index contributed by atoms with van der Waals surface area (Å²) >= 11 is 0. The second-order valence-electron chi connectivity index (χ2n) is 2.60. The van der Waals surface area contributed by atoms with Crippen LogP contribution in [-0.4, -0.2) is 37.1 Å². The molecular formula is C7H17N3O. The van der Waals surface area contributed by atoms with Gasteiger partial charge in [-0.25, -0.2) is 4.79 Å². The zero-order valence-corrected chi connectivity index (χ0v) is 7.42. The van der Waals surface area contributed by atoms with Crippen molar-refractivity contribution in [1.29, 1.82) is 0 Å². The average molecular weight is 159 g/mol. The van der Waals surface area contributed by atoms with E-state index in [1.165, 1.54) is 0 Å². The van der Waals surface area contributed by atoms with Crippen molar-refractivity contribution >= 4 is 6.03 Å². The van der Waals surface area contributed by atoms with E-state index in [1.54, 1.807) is 11.9 Å². The summed E-state index contributed by atoms with van der Waals surface area (Å²) < 4.78 is 0. The molecule has 0 aliphatic rings. The Bertz CT molecular complexity index is 127. The van der Waals surface area contributed by atoms with Crippen molar-refractivity contribution in [2.45, 2.75) is 19.9 Å². The number of nitrogens with two attached hydrogens (primary N) is 1. The largest absolute Gasteiger partial charge is 0.334 e. The van der Waals surface area contributed by atoms with Crippen molar-refractivity contribution in [3.63, 3.8) is 0 Å². The monoisotopic (exact) mass is 159 g/mol. The molecular weight excluding hydrogens is 142 g/mol. The third-order valence-corrected chi connectivity index (χ3v) is 1.54. The van der Waals surface area contributed by atoms with Crippen LogP contribution in [-0.2, 0) is 0 Å². The summed E-state index contributed by atoms with van der Waals surface area (Å²) in [7, 11) is 1.75. The van der Waals surface area contributed by atoms with Gasteiger partial charge in [-0.2, -0.15) is 0 Å². The third-order valence-electron chi connectivity index (χ3n) is 1.54. The molecule has 0 radical (unpaired) electrons. The summed E-state index contributed by atoms with van der Waals surface area (Å²) in [5.74, 6) is 0. The van der Waals surface area contributed by atoms with Crippen LogP contribution in [0.4, 0.5) is 4.79 Å². The maximum atomic E-state index is 11.1. The zero-order chi connectivity index (χ0) is 8.85. The van der Waals surface area contributed by atoms with Crippen LogP contribution >= 0.6 is 0 Å². The van der Waals surface area contributed by atoms with Crippen LogP contribution in [0.5, 0.6) is 0 Å². The Balaban J connectivity index is 3.68. The molecule has 0 heterocycles. The number of carbonyl (C=O) groups is 1. The second-order valence-corrected chi connectivity index (χ2v) is 2.60. The molecule has 0 unspecified atom stereocenters. The van der Waals surface area contributed by atoms with Gasteiger partial charge in [0, 0.05) is 26.2 Å². The van der Waals surface area contributed by atoms with Crippen LogP contribution in [0.25, 0.3) is 0 Å². The van der Waals surface area contributed by atoms with Gasteiger partial charge in [-0.3, -0.25) is 0 Å². The lowest BCUT2D eigenvalue weighted by Crippen LogP contribution is -2.44. The number of carbonyl (C=O) groups excluding carboxylic acids is 1. The first-order chi connectivity index (χ1) is 5.11. The standard InChI is InChI=1S/C7H17N3O/c1-4-10(3)7(11)9-6(2)5-8/h6H,4-5,8H2,1-3H3,(H,9,11)/t6-/m1/s1. The molecule has 0 bridgehead atoms. The highest BCUT2D eigenvalue weighted by atomic mass is 16.2. The van der Waals surface area contributed by atoms with E-state index in [9.17, 15) is 4.79 Å². The minimum atomic E-state index is -0.0644. The Morgan fingerprint density at radius 1 is 1.73 bits per heavy atom. The van der Waals surface area contributed by atoms with E-state index in [0.29, 0.717) is 13.1 Å². The first kappa shape index (κ1) is 10.2. The predicted molar refractivity (Wildman–Crippen MR) is 45.4 cm³/mol. The highest BCUT2D eigenvalue weighted by Gasteiger charge is 2.07. The topological polar surface area (TPSA) is 58.4 Å². The molecule has 2 amide bonds. The van der Waals surface area contributed by atoms with E-state index in [4.69, 9.17) is 5.73 Å². The van der Waals surface area contributed by atoms with Gasteiger partial charge in [0.2, 0.25) is 0 Å². The molecule has 0 aliphatic carbocycles. The van der Waals surface area contributed by atoms with Gasteiger partial charge in [-0.15, -0.1) is 0 Å². The Hall–Kier alpha value is -0.770. The van der Waals surface area contributed by atoms with E-state index >= 15 is 0 Å². The highest BCUT2D eigenvalue weighted by molar-refractivity contribution is 5.74. The van der Waals surface area contributed by atoms with Crippen LogP contribution in [0.2, 0.25) is 0 Å². The molecule has 3 N–H and O–H groups in total. The molecule has 0 fully saturated rings. The zero-order valence-electron chi connectivity index (χ0n) is 7.42. The van der Waals surface area contributed by atoms with Gasteiger partial charge in [0.15, 0.2) is 0 Å². The van der Waals surface area contributed by atoms with E-state index in [0.717, 1.165) is 0 Å². The molecule has 0 spiro atoms. The van der Waals surface area contributed by atoms with Crippen molar-refractivity contribution < 1.29 is 4.79 Å². The Labute approximate surface area is 67.7 Å². The molecule has 0 aromatic carbocycles. The van der Waals surface area contributed by atoms with Gasteiger partial charge >= 0.3 is 6.03 Å². The molecule has 66 valence electrons. The van der Waals surface area contributed by atoms with Gasteiger partial charge in [0.05, 0.1) is 0 Å². The SMILES string of the molecule is CCN(C)C(=O)N[C@H](C)CN. The first-order valence-corrected chi connectivity index (χ1v) is 3.83. The van der Waals surface area contributed by atoms with Gasteiger partial charge < -0.3 is 16.0 Å². The first-order valence-electron chi connectivity index (χ1n) is 3.83. The molecule has 0 aliphatic heterocycles. The Morgan fingerprint density at radius 2 is 2.27 bits per heavy atom. The fourth-order valence-corrected chi connectivity index (χ4v) is 0.524. The van der Waals surface area contributed by atoms with E-state index in [1.807, 2.05) is 13.8 Å². The molecule has 0 aromatic heterocycles. The summed E-state index contributed by atoms with van der Waals surface area (Å²) in [6, 6.07) is -0.0121. The van der Waals surface area contributed by atoms with Crippen molar-refractivity contribution in [3.8, 4) is 0 Å². The second kappa shape index (κ2) is 4.96. The number of hydrogen-bond donors (Lipinski definition) is 2. The highest BCUT2D eigenvalue weighted by Crippen LogP contribution is 1.84. The van der Waals surface area contributed by atoms with Crippen LogP contribution in [0, 0.1) is 0 Å². The maximum Gasteiger partial charge on any atom is 0.317 e. The lowest BCUT2D eigenvalue weighted by Gasteiger charge is -2.18. The summed E-state index contributed by atoms with van der Waals surface area (Å²) in [4.78, 5) is 12.7. The van der Waals surface area contributed by atoms with Crippen molar-refractivity contribution in [2.24, 2.45) is 5.73 Å². The lowest BCUT2D eigenvalue weighted by atomic mass is 10.3. The van der Waals surface area contributed by atoms with Crippen LogP contribution in [0.15, 0.2) is 0 Å². The van der Waals surface area contributed by atoms with Gasteiger partial charge in [0.25, 0.3) is 0 Å². The Morgan fingerprint density at radius 3 is 2.64 bits per heavy atom. The summed E-state index contributed by atoms with van der Waals surface area (Å²) in [6.07, 6.45) is 0. The molecule has 0 saturated heterocycles. The van der Waals surface area contributed by atoms with Crippen LogP contribution in [0.3, 0.4) is 0 Å². The molecule has 0 aromatic rings. The Kier molecular flexibility index (Phi) is 4.61. The van der Waals surface area contributed by atoms with E-state index in [2.05, 4.69) is 5.32 Å². The maximum absolute atomic E-state index is 11.1. The number of hydrogen-bond acceptors (Lipinski definition) is 2. The van der Waals surface area contributed by atoms with Crippen LogP contribution in [0.1, 0.15) is 13.8 Å². The average Bonchev–Trinajstić information content (AvgIpc) is 2.02. The van der Waals surface area contributed by atoms with Gasteiger partial charge in [-0.05, 0) is 13.8 Å². The molecule has 0 rings (SSSR count). The van der Waals surface area contributed by atoms with Crippen molar-refractivity contribution in [2.75, 3.05) is 20.1 Å². The predicted octanol–water partition coefficient (Wildman–Crippen LogP) is -0.00510. The van der Waals surface area contributed by atoms with Crippen LogP contribution < -0.4 is 11.1 Å². The summed E-state index contributed by atoms with van der Waals surface area (Å²) in [5, 5.41) is 2.74. The van der Waals surface area contributed by atoms with Gasteiger partial charge in [-0.1, -0.05) is 0 Å². The molecule has 11 heavy (non-hydrogen) atoms. The number of urea groups is 1. The smallest absolute Gasteiger partial charge is 0.317 e. The van der Waals surface area contributed by atoms with Gasteiger partial charge in [0.1, 0.15) is 0 Å². The van der Waals surface area contributed by atoms with E-state index < -0.39 is 0 Å². The molecule has 1 atom stereocenters. The molecule has 4 nitrogen and oxygen atoms in total. The summed E-state index contributed by atoms with van der Waals surface area (Å²) in [5.41, 5.74) is 5.33. The minimum absolute atomic E-state index is 0.0523. The van der Waals surface area contributed by atoms with E-state index in [-0.39, 0.29) is 12.1 Å². The normalized spacial score (nSPS) is 12.4. The summed E-state index contributed by atoms with van der Waals surface area (Å²) in [6.45, 7) is 4.99. The third kappa shape index (κ3) is 3.83. The number of rotatable bonds is 3. The molecule has 4 heteroatoms. The fourth-order valence-electron chi connectivity index (χ4n) is 0.524. The number of nitrogens with one attached hydrogen (secondary N) is 1.